The van der Waals surface area contributed by atoms with E-state index in [2.05, 4.69) is 14.8 Å². The zero-order valence-electron chi connectivity index (χ0n) is 11.4. The van der Waals surface area contributed by atoms with Gasteiger partial charge in [-0.3, -0.25) is 0 Å². The number of halogens is 4. The lowest BCUT2D eigenvalue weighted by Crippen LogP contribution is -2.33. The first-order chi connectivity index (χ1) is 10.3. The maximum atomic E-state index is 13.0. The van der Waals surface area contributed by atoms with Crippen molar-refractivity contribution >= 4 is 12.2 Å². The van der Waals surface area contributed by atoms with Gasteiger partial charge in [0.05, 0.1) is 18.1 Å². The molecule has 0 atom stereocenters. The van der Waals surface area contributed by atoms with E-state index in [0.29, 0.717) is 5.69 Å². The van der Waals surface area contributed by atoms with Crippen LogP contribution in [0, 0.1) is 6.92 Å². The number of anilines is 1. The highest BCUT2D eigenvalue weighted by Crippen LogP contribution is 2.29. The largest absolute Gasteiger partial charge is 0.461 e. The fourth-order valence-electron chi connectivity index (χ4n) is 1.59. The Kier molecular flexibility index (Phi) is 4.34. The third kappa shape index (κ3) is 3.54. The van der Waals surface area contributed by atoms with Crippen molar-refractivity contribution in [1.82, 2.24) is 9.66 Å². The molecule has 2 N–H and O–H groups in total. The molecule has 0 fully saturated rings. The first kappa shape index (κ1) is 15.8. The molecule has 1 heterocycles. The van der Waals surface area contributed by atoms with Gasteiger partial charge in [-0.15, -0.1) is 0 Å². The summed E-state index contributed by atoms with van der Waals surface area (Å²) >= 11 is 0. The molecule has 9 heteroatoms. The molecule has 22 heavy (non-hydrogen) atoms. The third-order valence-electron chi connectivity index (χ3n) is 2.58. The maximum absolute atomic E-state index is 13.0. The first-order valence-corrected chi connectivity index (χ1v) is 6.09. The second-order valence-corrected chi connectivity index (χ2v) is 4.33. The smallest absolute Gasteiger partial charge is 0.428 e. The van der Waals surface area contributed by atoms with E-state index >= 15 is 0 Å². The number of ether oxygens (including phenoxy) is 1. The number of hydrogen-bond acceptors (Lipinski definition) is 4. The van der Waals surface area contributed by atoms with Gasteiger partial charge in [0, 0.05) is 5.56 Å². The lowest BCUT2D eigenvalue weighted by molar-refractivity contribution is -0.253. The second-order valence-electron chi connectivity index (χ2n) is 4.33. The van der Waals surface area contributed by atoms with E-state index in [1.807, 2.05) is 0 Å². The molecule has 0 saturated heterocycles. The minimum Gasteiger partial charge on any atom is -0.428 e. The molecule has 0 unspecified atom stereocenters. The number of nitrogens with zero attached hydrogens (tertiary/aromatic N) is 3. The van der Waals surface area contributed by atoms with Gasteiger partial charge in [0.25, 0.3) is 0 Å². The number of nitrogen functional groups attached to an aromatic ring is 1. The molecule has 1 aromatic carbocycles. The summed E-state index contributed by atoms with van der Waals surface area (Å²) < 4.78 is 55.7. The van der Waals surface area contributed by atoms with Gasteiger partial charge < -0.3 is 10.5 Å². The Bertz CT molecular complexity index is 684. The minimum atomic E-state index is -4.59. The van der Waals surface area contributed by atoms with Crippen molar-refractivity contribution < 1.29 is 22.3 Å². The summed E-state index contributed by atoms with van der Waals surface area (Å²) in [4.78, 5) is 3.90. The molecule has 0 amide bonds. The van der Waals surface area contributed by atoms with Crippen LogP contribution in [-0.4, -0.2) is 28.4 Å². The van der Waals surface area contributed by atoms with Crippen molar-refractivity contribution in [3.63, 3.8) is 0 Å². The van der Waals surface area contributed by atoms with E-state index in [4.69, 9.17) is 5.73 Å². The summed E-state index contributed by atoms with van der Waals surface area (Å²) in [7, 11) is 0. The Hall–Kier alpha value is -2.58. The maximum Gasteiger partial charge on any atom is 0.461 e. The predicted octanol–water partition coefficient (Wildman–Crippen LogP) is 2.89. The van der Waals surface area contributed by atoms with Crippen LogP contribution in [0.2, 0.25) is 0 Å². The summed E-state index contributed by atoms with van der Waals surface area (Å²) in [6.07, 6.45) is -5.85. The molecule has 0 bridgehead atoms. The molecule has 2 aromatic rings. The zero-order valence-corrected chi connectivity index (χ0v) is 11.4. The molecule has 0 aliphatic carbocycles. The highest BCUT2D eigenvalue weighted by molar-refractivity contribution is 5.83. The molecular weight excluding hydrogens is 304 g/mol. The molecule has 1 aromatic heterocycles. The van der Waals surface area contributed by atoms with Crippen molar-refractivity contribution in [3.8, 4) is 5.75 Å². The lowest BCUT2D eigenvalue weighted by atomic mass is 10.2. The van der Waals surface area contributed by atoms with E-state index in [1.54, 1.807) is 6.92 Å². The number of para-hydroxylation sites is 1. The van der Waals surface area contributed by atoms with Gasteiger partial charge in [-0.2, -0.15) is 22.7 Å². The van der Waals surface area contributed by atoms with Gasteiger partial charge in [-0.05, 0) is 19.1 Å². The monoisotopic (exact) mass is 316 g/mol. The van der Waals surface area contributed by atoms with Gasteiger partial charge in [-0.1, -0.05) is 12.1 Å². The van der Waals surface area contributed by atoms with Crippen molar-refractivity contribution in [2.75, 3.05) is 5.73 Å². The van der Waals surface area contributed by atoms with Gasteiger partial charge in [0.15, 0.2) is 0 Å². The minimum absolute atomic E-state index is 0.0913. The Morgan fingerprint density at radius 2 is 2.05 bits per heavy atom. The van der Waals surface area contributed by atoms with Gasteiger partial charge in [0.1, 0.15) is 5.75 Å². The predicted molar refractivity (Wildman–Crippen MR) is 72.4 cm³/mol. The van der Waals surface area contributed by atoms with Crippen molar-refractivity contribution in [2.45, 2.75) is 19.5 Å². The summed E-state index contributed by atoms with van der Waals surface area (Å²) in [5.74, 6) is -0.322. The third-order valence-corrected chi connectivity index (χ3v) is 2.58. The number of hydrogen-bond donors (Lipinski definition) is 1. The van der Waals surface area contributed by atoms with Crippen LogP contribution in [0.5, 0.6) is 5.75 Å². The van der Waals surface area contributed by atoms with Crippen LogP contribution < -0.4 is 10.5 Å². The molecule has 0 aliphatic heterocycles. The quantitative estimate of drug-likeness (QED) is 0.681. The summed E-state index contributed by atoms with van der Waals surface area (Å²) in [6, 6.07) is 5.43. The number of aromatic nitrogens is 2. The number of alkyl halides is 4. The molecule has 5 nitrogen and oxygen atoms in total. The Balaban J connectivity index is 2.27. The Morgan fingerprint density at radius 3 is 2.64 bits per heavy atom. The molecule has 0 saturated carbocycles. The zero-order chi connectivity index (χ0) is 16.3. The van der Waals surface area contributed by atoms with E-state index < -0.39 is 18.3 Å². The Labute approximate surface area is 123 Å². The number of imidazole rings is 1. The molecule has 0 aliphatic rings. The molecule has 0 radical (unpaired) electrons. The van der Waals surface area contributed by atoms with Crippen molar-refractivity contribution in [3.05, 3.63) is 41.7 Å². The normalized spacial score (nSPS) is 12.3. The van der Waals surface area contributed by atoms with E-state index in [9.17, 15) is 17.6 Å². The summed E-state index contributed by atoms with van der Waals surface area (Å²) in [5, 5.41) is 3.92. The molecule has 2 rings (SSSR count). The average Bonchev–Trinajstić information content (AvgIpc) is 2.75. The molecule has 118 valence electrons. The fourth-order valence-corrected chi connectivity index (χ4v) is 1.59. The van der Waals surface area contributed by atoms with Crippen molar-refractivity contribution in [1.29, 1.82) is 0 Å². The van der Waals surface area contributed by atoms with Crippen LogP contribution in [0.4, 0.5) is 23.5 Å². The molecule has 0 spiro atoms. The second kappa shape index (κ2) is 6.04. The number of benzene rings is 1. The summed E-state index contributed by atoms with van der Waals surface area (Å²) in [6.45, 7) is 1.70. The Morgan fingerprint density at radius 1 is 1.36 bits per heavy atom. The number of nitrogens with two attached hydrogens (primary N) is 1. The first-order valence-electron chi connectivity index (χ1n) is 6.09. The van der Waals surface area contributed by atoms with Crippen LogP contribution in [0.1, 0.15) is 11.3 Å². The molecular formula is C13H12F4N4O. The average molecular weight is 316 g/mol. The van der Waals surface area contributed by atoms with Crippen molar-refractivity contribution in [2.24, 2.45) is 5.10 Å². The highest BCUT2D eigenvalue weighted by Gasteiger charge is 2.44. The number of rotatable bonds is 5. The fraction of sp³-hybridized carbons (Fsp3) is 0.231. The van der Waals surface area contributed by atoms with E-state index in [-0.39, 0.29) is 11.5 Å². The summed E-state index contributed by atoms with van der Waals surface area (Å²) in [5.41, 5.74) is 6.28. The van der Waals surface area contributed by atoms with E-state index in [1.165, 1.54) is 29.1 Å². The van der Waals surface area contributed by atoms with Crippen LogP contribution in [0.15, 0.2) is 35.6 Å². The standard InChI is InChI=1S/C13H12F4N4O/c1-8-7-21(12(18)20-8)19-6-9-4-2-3-5-10(9)22-13(16,17)11(14)15/h2-7,11H,1H3,(H2,18,20). The topological polar surface area (TPSA) is 65.4 Å². The number of aryl methyl sites for hydroxylation is 1. The van der Waals surface area contributed by atoms with Crippen LogP contribution in [0.25, 0.3) is 0 Å². The van der Waals surface area contributed by atoms with Gasteiger partial charge in [0.2, 0.25) is 5.95 Å². The van der Waals surface area contributed by atoms with Gasteiger partial charge >= 0.3 is 12.5 Å². The van der Waals surface area contributed by atoms with E-state index in [0.717, 1.165) is 12.3 Å². The highest BCUT2D eigenvalue weighted by atomic mass is 19.3. The van der Waals surface area contributed by atoms with Crippen LogP contribution in [-0.2, 0) is 0 Å². The van der Waals surface area contributed by atoms with Crippen LogP contribution in [0.3, 0.4) is 0 Å². The van der Waals surface area contributed by atoms with Gasteiger partial charge in [-0.25, -0.2) is 9.66 Å². The lowest BCUT2D eigenvalue weighted by Gasteiger charge is -2.17. The van der Waals surface area contributed by atoms with Crippen LogP contribution >= 0.6 is 0 Å². The SMILES string of the molecule is Cc1cn(N=Cc2ccccc2OC(F)(F)C(F)F)c(N)n1.